The van der Waals surface area contributed by atoms with E-state index in [4.69, 9.17) is 0 Å². The second kappa shape index (κ2) is 17.1. The summed E-state index contributed by atoms with van der Waals surface area (Å²) in [6.07, 6.45) is 22.8. The molecule has 0 nitrogen and oxygen atoms in total. The molecule has 0 aromatic heterocycles. The summed E-state index contributed by atoms with van der Waals surface area (Å²) >= 11 is 0. The molecule has 0 heterocycles. The normalized spacial score (nSPS) is 12.8. The monoisotopic (exact) mass is 281 g/mol. The molecule has 0 saturated heterocycles. The van der Waals surface area contributed by atoms with Crippen molar-refractivity contribution in [2.24, 2.45) is 5.92 Å². The fourth-order valence-corrected chi connectivity index (χ4v) is 3.08. The lowest BCUT2D eigenvalue weighted by Gasteiger charge is -2.13. The second-order valence-electron chi connectivity index (χ2n) is 6.59. The molecule has 20 heavy (non-hydrogen) atoms. The molecular weight excluding hydrogens is 240 g/mol. The second-order valence-corrected chi connectivity index (χ2v) is 6.59. The van der Waals surface area contributed by atoms with Crippen LogP contribution < -0.4 is 0 Å². The Balaban J connectivity index is 3.15. The Hall–Kier alpha value is 0. The van der Waals surface area contributed by atoms with Crippen LogP contribution in [0.4, 0.5) is 0 Å². The minimum atomic E-state index is 0.982. The summed E-state index contributed by atoms with van der Waals surface area (Å²) in [5, 5.41) is 0. The van der Waals surface area contributed by atoms with Crippen LogP contribution in [0.2, 0.25) is 0 Å². The molecule has 0 aromatic carbocycles. The SMILES string of the molecule is [CH2]CCCC(CC)CCCCCCCCCCCCC. The van der Waals surface area contributed by atoms with Crippen LogP contribution in [0.5, 0.6) is 0 Å². The van der Waals surface area contributed by atoms with Crippen molar-refractivity contribution in [3.05, 3.63) is 6.92 Å². The van der Waals surface area contributed by atoms with Crippen molar-refractivity contribution < 1.29 is 0 Å². The molecule has 0 spiro atoms. The van der Waals surface area contributed by atoms with E-state index in [9.17, 15) is 0 Å². The van der Waals surface area contributed by atoms with Crippen LogP contribution in [0.15, 0.2) is 0 Å². The van der Waals surface area contributed by atoms with E-state index in [2.05, 4.69) is 20.8 Å². The largest absolute Gasteiger partial charge is 0.0654 e. The number of unbranched alkanes of at least 4 members (excludes halogenated alkanes) is 11. The van der Waals surface area contributed by atoms with E-state index < -0.39 is 0 Å². The smallest absolute Gasteiger partial charge is 0.0417 e. The third kappa shape index (κ3) is 14.4. The van der Waals surface area contributed by atoms with Gasteiger partial charge in [-0.2, -0.15) is 0 Å². The van der Waals surface area contributed by atoms with E-state index in [1.807, 2.05) is 0 Å². The molecule has 0 saturated carbocycles. The van der Waals surface area contributed by atoms with E-state index in [0.29, 0.717) is 0 Å². The minimum absolute atomic E-state index is 0.982. The van der Waals surface area contributed by atoms with Crippen LogP contribution in [0.3, 0.4) is 0 Å². The quantitative estimate of drug-likeness (QED) is 0.254. The van der Waals surface area contributed by atoms with Crippen LogP contribution >= 0.6 is 0 Å². The van der Waals surface area contributed by atoms with Gasteiger partial charge in [-0.05, 0) is 5.92 Å². The van der Waals surface area contributed by atoms with E-state index in [1.165, 1.54) is 96.3 Å². The molecule has 0 bridgehead atoms. The first-order valence-corrected chi connectivity index (χ1v) is 9.64. The van der Waals surface area contributed by atoms with Gasteiger partial charge in [-0.3, -0.25) is 0 Å². The Bertz CT molecular complexity index is 161. The lowest BCUT2D eigenvalue weighted by molar-refractivity contribution is 0.402. The predicted molar refractivity (Wildman–Crippen MR) is 94.1 cm³/mol. The molecule has 1 atom stereocenters. The van der Waals surface area contributed by atoms with Crippen molar-refractivity contribution in [2.75, 3.05) is 0 Å². The van der Waals surface area contributed by atoms with Crippen LogP contribution in [0.1, 0.15) is 117 Å². The topological polar surface area (TPSA) is 0 Å². The van der Waals surface area contributed by atoms with Gasteiger partial charge in [0, 0.05) is 0 Å². The first-order valence-electron chi connectivity index (χ1n) is 9.64. The lowest BCUT2D eigenvalue weighted by atomic mass is 9.93. The maximum Gasteiger partial charge on any atom is -0.0417 e. The summed E-state index contributed by atoms with van der Waals surface area (Å²) in [5.74, 6) is 0.982. The molecule has 0 heteroatoms. The predicted octanol–water partition coefficient (Wildman–Crippen LogP) is 7.72. The fraction of sp³-hybridized carbons (Fsp3) is 0.950. The molecule has 0 fully saturated rings. The van der Waals surface area contributed by atoms with Crippen molar-refractivity contribution in [3.63, 3.8) is 0 Å². The molecule has 1 unspecified atom stereocenters. The van der Waals surface area contributed by atoms with E-state index in [1.54, 1.807) is 0 Å². The van der Waals surface area contributed by atoms with Gasteiger partial charge in [-0.15, -0.1) is 0 Å². The van der Waals surface area contributed by atoms with Gasteiger partial charge >= 0.3 is 0 Å². The van der Waals surface area contributed by atoms with Crippen LogP contribution in [-0.2, 0) is 0 Å². The third-order valence-electron chi connectivity index (χ3n) is 4.66. The Kier molecular flexibility index (Phi) is 17.1. The van der Waals surface area contributed by atoms with Crippen LogP contribution in [-0.4, -0.2) is 0 Å². The van der Waals surface area contributed by atoms with Crippen molar-refractivity contribution in [3.8, 4) is 0 Å². The highest BCUT2D eigenvalue weighted by atomic mass is 14.1. The Labute approximate surface area is 130 Å². The first-order chi connectivity index (χ1) is 9.85. The molecule has 121 valence electrons. The average molecular weight is 282 g/mol. The van der Waals surface area contributed by atoms with Crippen LogP contribution in [0, 0.1) is 12.8 Å². The van der Waals surface area contributed by atoms with Crippen molar-refractivity contribution in [2.45, 2.75) is 117 Å². The summed E-state index contributed by atoms with van der Waals surface area (Å²) in [6, 6.07) is 0. The maximum atomic E-state index is 3.95. The van der Waals surface area contributed by atoms with Gasteiger partial charge < -0.3 is 0 Å². The Morgan fingerprint density at radius 3 is 1.50 bits per heavy atom. The molecule has 0 rings (SSSR count). The van der Waals surface area contributed by atoms with Crippen molar-refractivity contribution in [1.29, 1.82) is 0 Å². The summed E-state index contributed by atoms with van der Waals surface area (Å²) in [7, 11) is 0. The summed E-state index contributed by atoms with van der Waals surface area (Å²) in [6.45, 7) is 8.60. The molecule has 0 aliphatic carbocycles. The van der Waals surface area contributed by atoms with Gasteiger partial charge in [-0.25, -0.2) is 0 Å². The Morgan fingerprint density at radius 2 is 1.05 bits per heavy atom. The van der Waals surface area contributed by atoms with E-state index in [-0.39, 0.29) is 0 Å². The zero-order valence-electron chi connectivity index (χ0n) is 14.6. The van der Waals surface area contributed by atoms with Gasteiger partial charge in [0.2, 0.25) is 0 Å². The number of hydrogen-bond donors (Lipinski definition) is 0. The van der Waals surface area contributed by atoms with Gasteiger partial charge in [0.05, 0.1) is 0 Å². The van der Waals surface area contributed by atoms with Gasteiger partial charge in [0.1, 0.15) is 0 Å². The molecule has 0 aliphatic rings. The maximum absolute atomic E-state index is 3.95. The molecule has 0 aliphatic heterocycles. The first kappa shape index (κ1) is 20.0. The lowest BCUT2D eigenvalue weighted by Crippen LogP contribution is -1.98. The van der Waals surface area contributed by atoms with Gasteiger partial charge in [-0.1, -0.05) is 124 Å². The molecule has 1 radical (unpaired) electrons. The highest BCUT2D eigenvalue weighted by Crippen LogP contribution is 2.20. The zero-order valence-corrected chi connectivity index (χ0v) is 14.6. The van der Waals surface area contributed by atoms with Crippen LogP contribution in [0.25, 0.3) is 0 Å². The molecule has 0 amide bonds. The number of hydrogen-bond acceptors (Lipinski definition) is 0. The highest BCUT2D eigenvalue weighted by molar-refractivity contribution is 4.59. The zero-order chi connectivity index (χ0) is 14.9. The van der Waals surface area contributed by atoms with Crippen molar-refractivity contribution in [1.82, 2.24) is 0 Å². The van der Waals surface area contributed by atoms with E-state index >= 15 is 0 Å². The van der Waals surface area contributed by atoms with E-state index in [0.717, 1.165) is 12.3 Å². The Morgan fingerprint density at radius 1 is 0.600 bits per heavy atom. The van der Waals surface area contributed by atoms with Gasteiger partial charge in [0.25, 0.3) is 0 Å². The third-order valence-corrected chi connectivity index (χ3v) is 4.66. The highest BCUT2D eigenvalue weighted by Gasteiger charge is 2.04. The van der Waals surface area contributed by atoms with Gasteiger partial charge in [0.15, 0.2) is 0 Å². The fourth-order valence-electron chi connectivity index (χ4n) is 3.08. The summed E-state index contributed by atoms with van der Waals surface area (Å²) < 4.78 is 0. The molecule has 0 aromatic rings. The molecular formula is C20H41. The molecule has 0 N–H and O–H groups in total. The van der Waals surface area contributed by atoms with Crippen molar-refractivity contribution >= 4 is 0 Å². The minimum Gasteiger partial charge on any atom is -0.0654 e. The average Bonchev–Trinajstić information content (AvgIpc) is 2.48. The summed E-state index contributed by atoms with van der Waals surface area (Å²) in [5.41, 5.74) is 0. The summed E-state index contributed by atoms with van der Waals surface area (Å²) in [4.78, 5) is 0. The standard InChI is InChI=1S/C20H41/c1-4-7-9-10-11-12-13-14-15-16-17-19-20(6-3)18-8-5-2/h20H,2,4-19H2,1,3H3. The number of rotatable bonds is 16.